The number of rotatable bonds is 3. The standard InChI is InChI=1S/C24H20O2/c25-24(26)16-14-23(15-17-24)22-12-10-21(11-13-22)20-8-6-19(7-9-20)18-4-2-1-3-5-18/h1-16,25-26H,17H2. The minimum atomic E-state index is -1.72. The Morgan fingerprint density at radius 2 is 1.04 bits per heavy atom. The van der Waals surface area contributed by atoms with E-state index >= 15 is 0 Å². The van der Waals surface area contributed by atoms with Gasteiger partial charge in [0.2, 0.25) is 0 Å². The first-order valence-corrected chi connectivity index (χ1v) is 8.71. The first-order chi connectivity index (χ1) is 12.6. The maximum Gasteiger partial charge on any atom is 0.186 e. The molecule has 0 aliphatic heterocycles. The van der Waals surface area contributed by atoms with Crippen molar-refractivity contribution in [1.29, 1.82) is 0 Å². The van der Waals surface area contributed by atoms with Gasteiger partial charge in [0.05, 0.1) is 0 Å². The predicted octanol–water partition coefficient (Wildman–Crippen LogP) is 5.04. The third-order valence-electron chi connectivity index (χ3n) is 4.70. The molecule has 3 aromatic rings. The molecule has 0 saturated carbocycles. The highest BCUT2D eigenvalue weighted by atomic mass is 16.5. The lowest BCUT2D eigenvalue weighted by Crippen LogP contribution is -2.25. The Bertz CT molecular complexity index is 947. The van der Waals surface area contributed by atoms with Crippen LogP contribution in [0, 0.1) is 0 Å². The summed E-state index contributed by atoms with van der Waals surface area (Å²) in [5.41, 5.74) is 6.84. The van der Waals surface area contributed by atoms with Crippen LogP contribution < -0.4 is 0 Å². The highest BCUT2D eigenvalue weighted by Gasteiger charge is 2.20. The fourth-order valence-corrected chi connectivity index (χ4v) is 3.17. The quantitative estimate of drug-likeness (QED) is 0.655. The van der Waals surface area contributed by atoms with Gasteiger partial charge in [0.25, 0.3) is 0 Å². The van der Waals surface area contributed by atoms with Crippen molar-refractivity contribution in [1.82, 2.24) is 0 Å². The van der Waals surface area contributed by atoms with E-state index in [0.29, 0.717) is 0 Å². The van der Waals surface area contributed by atoms with Crippen LogP contribution >= 0.6 is 0 Å². The Morgan fingerprint density at radius 1 is 0.577 bits per heavy atom. The normalized spacial score (nSPS) is 15.5. The molecule has 0 saturated heterocycles. The molecular formula is C24H20O2. The molecular weight excluding hydrogens is 320 g/mol. The summed E-state index contributed by atoms with van der Waals surface area (Å²) in [7, 11) is 0. The molecule has 0 amide bonds. The van der Waals surface area contributed by atoms with Crippen LogP contribution in [0.3, 0.4) is 0 Å². The highest BCUT2D eigenvalue weighted by molar-refractivity contribution is 5.77. The zero-order chi connectivity index (χ0) is 18.0. The van der Waals surface area contributed by atoms with Crippen LogP contribution in [0.5, 0.6) is 0 Å². The third kappa shape index (κ3) is 3.52. The molecule has 0 bridgehead atoms. The number of benzene rings is 3. The summed E-state index contributed by atoms with van der Waals surface area (Å²) in [5.74, 6) is -1.72. The molecule has 2 N–H and O–H groups in total. The summed E-state index contributed by atoms with van der Waals surface area (Å²) in [4.78, 5) is 0. The predicted molar refractivity (Wildman–Crippen MR) is 106 cm³/mol. The van der Waals surface area contributed by atoms with Crippen LogP contribution in [-0.4, -0.2) is 16.0 Å². The molecule has 2 nitrogen and oxygen atoms in total. The molecule has 4 rings (SSSR count). The number of hydrogen-bond acceptors (Lipinski definition) is 2. The van der Waals surface area contributed by atoms with Gasteiger partial charge in [-0.15, -0.1) is 0 Å². The first kappa shape index (κ1) is 16.5. The van der Waals surface area contributed by atoms with Crippen molar-refractivity contribution in [3.8, 4) is 22.3 Å². The molecule has 128 valence electrons. The Kier molecular flexibility index (Phi) is 4.29. The molecule has 0 fully saturated rings. The zero-order valence-electron chi connectivity index (χ0n) is 14.3. The van der Waals surface area contributed by atoms with Gasteiger partial charge in [-0.1, -0.05) is 91.0 Å². The van der Waals surface area contributed by atoms with Gasteiger partial charge in [0.15, 0.2) is 5.79 Å². The molecule has 2 heteroatoms. The second-order valence-electron chi connectivity index (χ2n) is 6.60. The van der Waals surface area contributed by atoms with Gasteiger partial charge < -0.3 is 10.2 Å². The second-order valence-corrected chi connectivity index (χ2v) is 6.60. The molecule has 3 aromatic carbocycles. The van der Waals surface area contributed by atoms with Gasteiger partial charge in [-0.3, -0.25) is 0 Å². The van der Waals surface area contributed by atoms with E-state index in [-0.39, 0.29) is 6.42 Å². The summed E-state index contributed by atoms with van der Waals surface area (Å²) < 4.78 is 0. The van der Waals surface area contributed by atoms with Crippen LogP contribution in [0.4, 0.5) is 0 Å². The maximum absolute atomic E-state index is 9.56. The summed E-state index contributed by atoms with van der Waals surface area (Å²) in [6.07, 6.45) is 5.25. The fourth-order valence-electron chi connectivity index (χ4n) is 3.17. The molecule has 1 aliphatic rings. The summed E-state index contributed by atoms with van der Waals surface area (Å²) >= 11 is 0. The first-order valence-electron chi connectivity index (χ1n) is 8.71. The smallest absolute Gasteiger partial charge is 0.186 e. The molecule has 1 aliphatic carbocycles. The fraction of sp³-hybridized carbons (Fsp3) is 0.0833. The Morgan fingerprint density at radius 3 is 1.50 bits per heavy atom. The topological polar surface area (TPSA) is 40.5 Å². The number of allylic oxidation sites excluding steroid dienone is 2. The number of hydrogen-bond donors (Lipinski definition) is 2. The molecule has 26 heavy (non-hydrogen) atoms. The average Bonchev–Trinajstić information content (AvgIpc) is 2.69. The van der Waals surface area contributed by atoms with Gasteiger partial charge in [0.1, 0.15) is 0 Å². The van der Waals surface area contributed by atoms with Crippen LogP contribution in [0.15, 0.2) is 97.1 Å². The van der Waals surface area contributed by atoms with Crippen molar-refractivity contribution in [2.45, 2.75) is 12.2 Å². The van der Waals surface area contributed by atoms with Gasteiger partial charge in [-0.05, 0) is 39.5 Å². The summed E-state index contributed by atoms with van der Waals surface area (Å²) in [6.45, 7) is 0. The van der Waals surface area contributed by atoms with Crippen molar-refractivity contribution in [3.05, 3.63) is 103 Å². The second kappa shape index (κ2) is 6.75. The Hall–Kier alpha value is -2.94. The van der Waals surface area contributed by atoms with E-state index in [0.717, 1.165) is 16.7 Å². The molecule has 0 radical (unpaired) electrons. The average molecular weight is 340 g/mol. The van der Waals surface area contributed by atoms with E-state index in [1.54, 1.807) is 6.08 Å². The van der Waals surface area contributed by atoms with E-state index < -0.39 is 5.79 Å². The summed E-state index contributed by atoms with van der Waals surface area (Å²) in [5, 5.41) is 19.1. The van der Waals surface area contributed by atoms with E-state index in [9.17, 15) is 10.2 Å². The minimum absolute atomic E-state index is 0.210. The minimum Gasteiger partial charge on any atom is -0.362 e. The van der Waals surface area contributed by atoms with Gasteiger partial charge in [0, 0.05) is 6.42 Å². The lowest BCUT2D eigenvalue weighted by atomic mass is 9.94. The molecule has 0 atom stereocenters. The Labute approximate surface area is 153 Å². The van der Waals surface area contributed by atoms with Crippen LogP contribution in [0.25, 0.3) is 27.8 Å². The SMILES string of the molecule is OC1(O)C=CC(c2ccc(-c3ccc(-c4ccccc4)cc3)cc2)=CC1. The molecule has 0 unspecified atom stereocenters. The lowest BCUT2D eigenvalue weighted by Gasteiger charge is -2.20. The van der Waals surface area contributed by atoms with Crippen LogP contribution in [0.2, 0.25) is 0 Å². The highest BCUT2D eigenvalue weighted by Crippen LogP contribution is 2.29. The largest absolute Gasteiger partial charge is 0.362 e. The maximum atomic E-state index is 9.56. The van der Waals surface area contributed by atoms with Gasteiger partial charge >= 0.3 is 0 Å². The Balaban J connectivity index is 1.54. The van der Waals surface area contributed by atoms with Gasteiger partial charge in [-0.25, -0.2) is 0 Å². The van der Waals surface area contributed by atoms with Crippen LogP contribution in [0.1, 0.15) is 12.0 Å². The molecule has 0 spiro atoms. The number of aliphatic hydroxyl groups is 2. The lowest BCUT2D eigenvalue weighted by molar-refractivity contribution is -0.114. The van der Waals surface area contributed by atoms with E-state index in [1.165, 1.54) is 22.8 Å². The van der Waals surface area contributed by atoms with E-state index in [1.807, 2.05) is 24.3 Å². The molecule has 0 aromatic heterocycles. The third-order valence-corrected chi connectivity index (χ3v) is 4.70. The van der Waals surface area contributed by atoms with Crippen LogP contribution in [-0.2, 0) is 0 Å². The summed E-state index contributed by atoms with van der Waals surface area (Å²) in [6, 6.07) is 27.3. The van der Waals surface area contributed by atoms with Crippen molar-refractivity contribution in [2.24, 2.45) is 0 Å². The monoisotopic (exact) mass is 340 g/mol. The van der Waals surface area contributed by atoms with Crippen molar-refractivity contribution in [3.63, 3.8) is 0 Å². The zero-order valence-corrected chi connectivity index (χ0v) is 14.3. The van der Waals surface area contributed by atoms with Crippen molar-refractivity contribution < 1.29 is 10.2 Å². The van der Waals surface area contributed by atoms with Crippen molar-refractivity contribution >= 4 is 5.57 Å². The van der Waals surface area contributed by atoms with E-state index in [4.69, 9.17) is 0 Å². The van der Waals surface area contributed by atoms with Gasteiger partial charge in [-0.2, -0.15) is 0 Å². The molecule has 0 heterocycles. The van der Waals surface area contributed by atoms with Crippen molar-refractivity contribution in [2.75, 3.05) is 0 Å². The van der Waals surface area contributed by atoms with E-state index in [2.05, 4.69) is 60.7 Å².